The summed E-state index contributed by atoms with van der Waals surface area (Å²) < 4.78 is 20.8. The maximum atomic E-state index is 14.1. The minimum Gasteiger partial charge on any atom is -0.503 e. The number of ether oxygens (including phenoxy) is 1. The predicted octanol–water partition coefficient (Wildman–Crippen LogP) is 2.97. The number of amides is 2. The van der Waals surface area contributed by atoms with Crippen LogP contribution in [0.2, 0.25) is 5.02 Å². The first-order valence-electron chi connectivity index (χ1n) is 10.7. The Morgan fingerprint density at radius 1 is 1.35 bits per heavy atom. The van der Waals surface area contributed by atoms with E-state index in [1.165, 1.54) is 22.9 Å². The van der Waals surface area contributed by atoms with E-state index < -0.39 is 34.3 Å². The van der Waals surface area contributed by atoms with Gasteiger partial charge in [0.15, 0.2) is 11.4 Å². The fraction of sp³-hybridized carbons (Fsp3) is 0.435. The SMILES string of the molecule is CCN1C(=O)c2c(O)c(=O)c(C(=O)NCc3cccc(Cl)c3F)cn2C[C@]12C[C@H](COC)C2.Cl. The molecule has 1 fully saturated rings. The summed E-state index contributed by atoms with van der Waals surface area (Å²) in [7, 11) is 1.63. The topological polar surface area (TPSA) is 101 Å². The Morgan fingerprint density at radius 3 is 2.71 bits per heavy atom. The molecule has 1 spiro atoms. The summed E-state index contributed by atoms with van der Waals surface area (Å²) in [6, 6.07) is 4.40. The molecule has 0 bridgehead atoms. The summed E-state index contributed by atoms with van der Waals surface area (Å²) in [6.07, 6.45) is 2.75. The molecular formula is C23H26Cl2FN3O5. The van der Waals surface area contributed by atoms with E-state index in [4.69, 9.17) is 16.3 Å². The number of likely N-dealkylation sites (N-methyl/N-ethyl adjacent to an activating group) is 1. The van der Waals surface area contributed by atoms with Crippen LogP contribution in [0, 0.1) is 11.7 Å². The van der Waals surface area contributed by atoms with E-state index in [9.17, 15) is 23.9 Å². The van der Waals surface area contributed by atoms with Crippen LogP contribution in [0.3, 0.4) is 0 Å². The molecule has 184 valence electrons. The number of rotatable bonds is 6. The van der Waals surface area contributed by atoms with Gasteiger partial charge in [0.2, 0.25) is 5.43 Å². The van der Waals surface area contributed by atoms with Crippen molar-refractivity contribution in [3.05, 3.63) is 62.3 Å². The summed E-state index contributed by atoms with van der Waals surface area (Å²) in [4.78, 5) is 40.4. The number of hydrogen-bond acceptors (Lipinski definition) is 5. The minimum atomic E-state index is -0.948. The highest BCUT2D eigenvalue weighted by Gasteiger charge is 2.53. The van der Waals surface area contributed by atoms with Crippen molar-refractivity contribution in [1.29, 1.82) is 0 Å². The van der Waals surface area contributed by atoms with Gasteiger partial charge in [0, 0.05) is 45.1 Å². The highest BCUT2D eigenvalue weighted by Crippen LogP contribution is 2.47. The van der Waals surface area contributed by atoms with E-state index in [-0.39, 0.29) is 40.8 Å². The van der Waals surface area contributed by atoms with Crippen molar-refractivity contribution in [2.24, 2.45) is 5.92 Å². The Bertz CT molecular complexity index is 1180. The Balaban J connectivity index is 0.00000324. The number of nitrogens with one attached hydrogen (secondary N) is 1. The third-order valence-electron chi connectivity index (χ3n) is 6.51. The van der Waals surface area contributed by atoms with Gasteiger partial charge in [-0.15, -0.1) is 12.4 Å². The lowest BCUT2D eigenvalue weighted by molar-refractivity contribution is -0.0533. The fourth-order valence-corrected chi connectivity index (χ4v) is 5.25. The molecule has 0 unspecified atom stereocenters. The van der Waals surface area contributed by atoms with Crippen molar-refractivity contribution in [1.82, 2.24) is 14.8 Å². The van der Waals surface area contributed by atoms with Gasteiger partial charge in [-0.1, -0.05) is 23.7 Å². The van der Waals surface area contributed by atoms with Gasteiger partial charge >= 0.3 is 0 Å². The predicted molar refractivity (Wildman–Crippen MR) is 126 cm³/mol. The third-order valence-corrected chi connectivity index (χ3v) is 6.80. The molecule has 2 aromatic rings. The lowest BCUT2D eigenvalue weighted by atomic mass is 9.66. The van der Waals surface area contributed by atoms with Crippen LogP contribution in [0.25, 0.3) is 0 Å². The number of aromatic nitrogens is 1. The molecule has 2 aliphatic rings. The largest absolute Gasteiger partial charge is 0.503 e. The lowest BCUT2D eigenvalue weighted by Gasteiger charge is -2.56. The summed E-state index contributed by atoms with van der Waals surface area (Å²) in [5, 5.41) is 13.0. The van der Waals surface area contributed by atoms with Gasteiger partial charge in [-0.3, -0.25) is 14.4 Å². The normalized spacial score (nSPS) is 21.0. The number of carbonyl (C=O) groups excluding carboxylic acids is 2. The van der Waals surface area contributed by atoms with Crippen LogP contribution in [0.4, 0.5) is 4.39 Å². The van der Waals surface area contributed by atoms with Crippen molar-refractivity contribution in [2.45, 2.75) is 38.4 Å². The number of carbonyl (C=O) groups is 2. The molecule has 1 aliphatic heterocycles. The summed E-state index contributed by atoms with van der Waals surface area (Å²) in [5.74, 6) is -2.34. The van der Waals surface area contributed by atoms with E-state index in [1.54, 1.807) is 18.1 Å². The smallest absolute Gasteiger partial charge is 0.275 e. The van der Waals surface area contributed by atoms with E-state index in [0.717, 1.165) is 12.8 Å². The van der Waals surface area contributed by atoms with Gasteiger partial charge in [0.25, 0.3) is 11.8 Å². The molecule has 0 saturated heterocycles. The number of aromatic hydroxyl groups is 1. The second kappa shape index (κ2) is 9.93. The van der Waals surface area contributed by atoms with Gasteiger partial charge in [-0.25, -0.2) is 4.39 Å². The van der Waals surface area contributed by atoms with E-state index in [1.807, 2.05) is 6.92 Å². The molecule has 2 amide bonds. The molecule has 1 aliphatic carbocycles. The minimum absolute atomic E-state index is 0. The van der Waals surface area contributed by atoms with Crippen molar-refractivity contribution in [2.75, 3.05) is 20.3 Å². The van der Waals surface area contributed by atoms with Crippen molar-refractivity contribution in [3.63, 3.8) is 0 Å². The Hall–Kier alpha value is -2.62. The van der Waals surface area contributed by atoms with Crippen LogP contribution in [0.5, 0.6) is 5.75 Å². The number of hydrogen-bond donors (Lipinski definition) is 2. The van der Waals surface area contributed by atoms with Crippen LogP contribution >= 0.6 is 24.0 Å². The molecule has 11 heteroatoms. The van der Waals surface area contributed by atoms with Gasteiger partial charge < -0.3 is 24.6 Å². The second-order valence-electron chi connectivity index (χ2n) is 8.60. The van der Waals surface area contributed by atoms with E-state index in [2.05, 4.69) is 5.32 Å². The molecule has 8 nitrogen and oxygen atoms in total. The van der Waals surface area contributed by atoms with Gasteiger partial charge in [-0.2, -0.15) is 0 Å². The van der Waals surface area contributed by atoms with E-state index in [0.29, 0.717) is 25.6 Å². The quantitative estimate of drug-likeness (QED) is 0.618. The summed E-state index contributed by atoms with van der Waals surface area (Å²) in [6.45, 7) is 3.02. The molecule has 2 heterocycles. The molecule has 1 aromatic carbocycles. The molecule has 1 aromatic heterocycles. The number of methoxy groups -OCH3 is 1. The monoisotopic (exact) mass is 513 g/mol. The average molecular weight is 514 g/mol. The fourth-order valence-electron chi connectivity index (χ4n) is 5.06. The second-order valence-corrected chi connectivity index (χ2v) is 9.00. The maximum Gasteiger partial charge on any atom is 0.275 e. The van der Waals surface area contributed by atoms with Crippen LogP contribution in [0.15, 0.2) is 29.2 Å². The average Bonchev–Trinajstić information content (AvgIpc) is 2.76. The molecule has 1 saturated carbocycles. The summed E-state index contributed by atoms with van der Waals surface area (Å²) >= 11 is 5.77. The highest BCUT2D eigenvalue weighted by atomic mass is 35.5. The van der Waals surface area contributed by atoms with Gasteiger partial charge in [0.1, 0.15) is 11.4 Å². The number of benzene rings is 1. The molecule has 0 atom stereocenters. The van der Waals surface area contributed by atoms with Crippen LogP contribution in [0.1, 0.15) is 46.2 Å². The first kappa shape index (κ1) is 26.0. The highest BCUT2D eigenvalue weighted by molar-refractivity contribution is 6.30. The maximum absolute atomic E-state index is 14.1. The lowest BCUT2D eigenvalue weighted by Crippen LogP contribution is -2.65. The first-order valence-corrected chi connectivity index (χ1v) is 11.1. The number of pyridine rings is 1. The number of fused-ring (bicyclic) bond motifs is 1. The van der Waals surface area contributed by atoms with E-state index >= 15 is 0 Å². The van der Waals surface area contributed by atoms with Gasteiger partial charge in [0.05, 0.1) is 10.6 Å². The van der Waals surface area contributed by atoms with Crippen molar-refractivity contribution >= 4 is 35.8 Å². The van der Waals surface area contributed by atoms with Crippen molar-refractivity contribution in [3.8, 4) is 5.75 Å². The molecular weight excluding hydrogens is 488 g/mol. The van der Waals surface area contributed by atoms with Crippen LogP contribution in [-0.2, 0) is 17.8 Å². The molecule has 34 heavy (non-hydrogen) atoms. The molecule has 0 radical (unpaired) electrons. The Morgan fingerprint density at radius 2 is 2.06 bits per heavy atom. The van der Waals surface area contributed by atoms with Crippen molar-refractivity contribution < 1.29 is 23.8 Å². The zero-order valence-electron chi connectivity index (χ0n) is 18.8. The Labute approximate surface area is 207 Å². The number of halogens is 3. The molecule has 2 N–H and O–H groups in total. The standard InChI is InChI=1S/C23H25ClFN3O5.ClH/c1-3-28-22(32)18-20(30)19(29)15(10-27(18)12-23(28)7-13(8-23)11-33-2)21(31)26-9-14-5-4-6-16(24)17(14)25;/h4-6,10,13,30H,3,7-9,11-12H2,1-2H3,(H,26,31);1H/t13-,23+;. The zero-order chi connectivity index (χ0) is 23.9. The van der Waals surface area contributed by atoms with Gasteiger partial charge in [-0.05, 0) is 31.7 Å². The number of nitrogens with zero attached hydrogens (tertiary/aromatic N) is 2. The summed E-state index contributed by atoms with van der Waals surface area (Å²) in [5.41, 5.74) is -1.69. The third kappa shape index (κ3) is 4.28. The van der Waals surface area contributed by atoms with Crippen LogP contribution in [-0.4, -0.2) is 52.2 Å². The Kier molecular flexibility index (Phi) is 7.59. The first-order chi connectivity index (χ1) is 15.7. The molecule has 4 rings (SSSR count). The van der Waals surface area contributed by atoms with Crippen LogP contribution < -0.4 is 10.7 Å². The zero-order valence-corrected chi connectivity index (χ0v) is 20.3.